The molecule has 15 nitrogen and oxygen atoms in total. The van der Waals surface area contributed by atoms with Gasteiger partial charge in [-0.1, -0.05) is 74.5 Å². The van der Waals surface area contributed by atoms with Gasteiger partial charge in [0.25, 0.3) is 0 Å². The first-order valence-electron chi connectivity index (χ1n) is 17.1. The highest BCUT2D eigenvalue weighted by molar-refractivity contribution is 7.98. The van der Waals surface area contributed by atoms with Crippen molar-refractivity contribution in [2.24, 2.45) is 23.1 Å². The number of hydrogen-bond donors (Lipinski definition) is 8. The molecule has 5 atom stereocenters. The molecule has 0 radical (unpaired) electrons. The molecule has 0 unspecified atom stereocenters. The molecule has 0 saturated heterocycles. The molecular formula is C36H52N8O7S. The van der Waals surface area contributed by atoms with Crippen molar-refractivity contribution in [1.29, 1.82) is 0 Å². The molecule has 0 aliphatic rings. The molecule has 7 amide bonds. The summed E-state index contributed by atoms with van der Waals surface area (Å²) >= 11 is 1.49. The Balaban J connectivity index is 2.21. The summed E-state index contributed by atoms with van der Waals surface area (Å²) in [6.45, 7) is 3.21. The van der Waals surface area contributed by atoms with Gasteiger partial charge in [0.15, 0.2) is 0 Å². The van der Waals surface area contributed by atoms with Crippen molar-refractivity contribution in [3.05, 3.63) is 71.8 Å². The molecule has 0 saturated carbocycles. The zero-order valence-corrected chi connectivity index (χ0v) is 30.7. The Morgan fingerprint density at radius 2 is 1.15 bits per heavy atom. The molecule has 2 aromatic rings. The molecule has 0 aliphatic heterocycles. The fourth-order valence-corrected chi connectivity index (χ4v) is 5.60. The third-order valence-corrected chi connectivity index (χ3v) is 8.57. The average Bonchev–Trinajstić information content (AvgIpc) is 3.10. The van der Waals surface area contributed by atoms with Crippen LogP contribution in [0.3, 0.4) is 0 Å². The van der Waals surface area contributed by atoms with E-state index in [-0.39, 0.29) is 38.0 Å². The number of rotatable bonds is 23. The Labute approximate surface area is 308 Å². The zero-order chi connectivity index (χ0) is 38.6. The first-order valence-corrected chi connectivity index (χ1v) is 18.5. The highest BCUT2D eigenvalue weighted by Gasteiger charge is 2.30. The van der Waals surface area contributed by atoms with Crippen LogP contribution in [0.15, 0.2) is 60.7 Å². The Morgan fingerprint density at radius 3 is 1.65 bits per heavy atom. The number of thioether (sulfide) groups is 1. The van der Waals surface area contributed by atoms with E-state index in [1.165, 1.54) is 11.8 Å². The fraction of sp³-hybridized carbons (Fsp3) is 0.472. The van der Waals surface area contributed by atoms with E-state index in [1.807, 2.05) is 20.1 Å². The maximum atomic E-state index is 13.8. The Bertz CT molecular complexity index is 1500. The van der Waals surface area contributed by atoms with Crippen molar-refractivity contribution in [2.75, 3.05) is 18.6 Å². The summed E-state index contributed by atoms with van der Waals surface area (Å²) < 4.78 is 0. The summed E-state index contributed by atoms with van der Waals surface area (Å²) in [5.41, 5.74) is 18.1. The largest absolute Gasteiger partial charge is 0.370 e. The summed E-state index contributed by atoms with van der Waals surface area (Å²) in [6.07, 6.45) is 2.42. The van der Waals surface area contributed by atoms with Crippen LogP contribution in [0.4, 0.5) is 0 Å². The highest BCUT2D eigenvalue weighted by Crippen LogP contribution is 2.09. The minimum Gasteiger partial charge on any atom is -0.370 e. The fourth-order valence-electron chi connectivity index (χ4n) is 5.13. The number of primary amides is 2. The minimum atomic E-state index is -1.18. The van der Waals surface area contributed by atoms with Gasteiger partial charge in [-0.05, 0) is 48.3 Å². The first-order chi connectivity index (χ1) is 24.7. The first kappa shape index (κ1) is 43.2. The summed E-state index contributed by atoms with van der Waals surface area (Å²) in [5.74, 6) is -4.02. The van der Waals surface area contributed by atoms with E-state index in [0.717, 1.165) is 5.56 Å². The molecule has 16 heteroatoms. The van der Waals surface area contributed by atoms with E-state index < -0.39 is 78.1 Å². The van der Waals surface area contributed by atoms with Gasteiger partial charge >= 0.3 is 0 Å². The molecule has 52 heavy (non-hydrogen) atoms. The summed E-state index contributed by atoms with van der Waals surface area (Å²) in [7, 11) is 0. The number of carbonyl (C=O) groups excluding carboxylic acids is 7. The molecule has 2 aromatic carbocycles. The molecule has 11 N–H and O–H groups in total. The SMILES string of the molecule is CSCC[C@@H](NC(=O)[C@H](CC(C)C)NC(=O)CNC(=O)[C@H](Cc1ccccc1)NC(=O)[C@H](Cc1ccccc1)NC(=O)[C@@H](N)CCC(N)=O)C(N)=O. The Hall–Kier alpha value is -4.96. The molecule has 0 fully saturated rings. The van der Waals surface area contributed by atoms with Crippen molar-refractivity contribution in [2.45, 2.75) is 82.6 Å². The number of carbonyl (C=O) groups is 7. The lowest BCUT2D eigenvalue weighted by Crippen LogP contribution is -2.58. The van der Waals surface area contributed by atoms with Crippen LogP contribution in [0.2, 0.25) is 0 Å². The molecule has 0 aromatic heterocycles. The average molecular weight is 741 g/mol. The van der Waals surface area contributed by atoms with E-state index in [4.69, 9.17) is 17.2 Å². The van der Waals surface area contributed by atoms with Crippen molar-refractivity contribution < 1.29 is 33.6 Å². The second kappa shape index (κ2) is 22.8. The second-order valence-electron chi connectivity index (χ2n) is 12.8. The molecule has 0 aliphatic carbocycles. The highest BCUT2D eigenvalue weighted by atomic mass is 32.2. The third-order valence-electron chi connectivity index (χ3n) is 7.92. The van der Waals surface area contributed by atoms with Crippen molar-refractivity contribution in [3.63, 3.8) is 0 Å². The van der Waals surface area contributed by atoms with Crippen LogP contribution in [0, 0.1) is 5.92 Å². The summed E-state index contributed by atoms with van der Waals surface area (Å²) in [4.78, 5) is 89.6. The van der Waals surface area contributed by atoms with Gasteiger partial charge in [0.2, 0.25) is 41.4 Å². The van der Waals surface area contributed by atoms with Crippen LogP contribution >= 0.6 is 11.8 Å². The molecule has 284 valence electrons. The van der Waals surface area contributed by atoms with Crippen LogP contribution in [0.5, 0.6) is 0 Å². The van der Waals surface area contributed by atoms with E-state index in [2.05, 4.69) is 26.6 Å². The van der Waals surface area contributed by atoms with Crippen LogP contribution in [-0.2, 0) is 46.4 Å². The predicted molar refractivity (Wildman–Crippen MR) is 199 cm³/mol. The van der Waals surface area contributed by atoms with E-state index >= 15 is 0 Å². The number of hydrogen-bond acceptors (Lipinski definition) is 9. The molecule has 2 rings (SSSR count). The molecule has 0 spiro atoms. The van der Waals surface area contributed by atoms with Crippen LogP contribution in [0.25, 0.3) is 0 Å². The maximum absolute atomic E-state index is 13.8. The summed E-state index contributed by atoms with van der Waals surface area (Å²) in [6, 6.07) is 12.4. The van der Waals surface area contributed by atoms with E-state index in [0.29, 0.717) is 17.7 Å². The lowest BCUT2D eigenvalue weighted by atomic mass is 10.0. The molecule has 0 bridgehead atoms. The maximum Gasteiger partial charge on any atom is 0.243 e. The second-order valence-corrected chi connectivity index (χ2v) is 13.8. The normalized spacial score (nSPS) is 13.8. The number of benzene rings is 2. The monoisotopic (exact) mass is 740 g/mol. The van der Waals surface area contributed by atoms with Gasteiger partial charge in [0.1, 0.15) is 24.2 Å². The van der Waals surface area contributed by atoms with Crippen molar-refractivity contribution >= 4 is 53.1 Å². The lowest BCUT2D eigenvalue weighted by Gasteiger charge is -2.25. The number of amides is 7. The van der Waals surface area contributed by atoms with Gasteiger partial charge in [-0.2, -0.15) is 11.8 Å². The Kier molecular flexibility index (Phi) is 18.9. The summed E-state index contributed by atoms with van der Waals surface area (Å²) in [5, 5.41) is 13.1. The quantitative estimate of drug-likeness (QED) is 0.0723. The lowest BCUT2D eigenvalue weighted by molar-refractivity contribution is -0.133. The van der Waals surface area contributed by atoms with Crippen LogP contribution in [0.1, 0.15) is 50.7 Å². The smallest absolute Gasteiger partial charge is 0.243 e. The number of nitrogens with one attached hydrogen (secondary N) is 5. The van der Waals surface area contributed by atoms with E-state index in [9.17, 15) is 33.6 Å². The molecular weight excluding hydrogens is 689 g/mol. The minimum absolute atomic E-state index is 0.00337. The van der Waals surface area contributed by atoms with E-state index in [1.54, 1.807) is 60.7 Å². The molecule has 0 heterocycles. The van der Waals surface area contributed by atoms with Crippen molar-refractivity contribution in [3.8, 4) is 0 Å². The van der Waals surface area contributed by atoms with Gasteiger partial charge in [-0.15, -0.1) is 0 Å². The van der Waals surface area contributed by atoms with Gasteiger partial charge in [0.05, 0.1) is 12.6 Å². The van der Waals surface area contributed by atoms with Gasteiger partial charge in [0, 0.05) is 19.3 Å². The zero-order valence-electron chi connectivity index (χ0n) is 29.9. The Morgan fingerprint density at radius 1 is 0.654 bits per heavy atom. The standard InChI is InChI=1S/C36H52N8O7S/c1-22(2)18-27(35(50)42-26(32(39)47)16-17-52-3)41-31(46)21-40-34(49)28(19-23-10-6-4-7-11-23)44-36(51)29(20-24-12-8-5-9-13-24)43-33(48)25(37)14-15-30(38)45/h4-13,22,25-29H,14-21,37H2,1-3H3,(H2,38,45)(H2,39,47)(H,40,49)(H,41,46)(H,42,50)(H,43,48)(H,44,51)/t25-,26+,27-,28-,29-/m0/s1. The number of nitrogens with two attached hydrogens (primary N) is 3. The van der Waals surface area contributed by atoms with Crippen LogP contribution in [-0.4, -0.2) is 90.1 Å². The van der Waals surface area contributed by atoms with Gasteiger partial charge in [-0.3, -0.25) is 33.6 Å². The third kappa shape index (κ3) is 16.4. The van der Waals surface area contributed by atoms with Gasteiger partial charge < -0.3 is 43.8 Å². The topological polar surface area (TPSA) is 258 Å². The van der Waals surface area contributed by atoms with Crippen molar-refractivity contribution in [1.82, 2.24) is 26.6 Å². The predicted octanol–water partition coefficient (Wildman–Crippen LogP) is -0.595. The van der Waals surface area contributed by atoms with Crippen LogP contribution < -0.4 is 43.8 Å². The van der Waals surface area contributed by atoms with Gasteiger partial charge in [-0.25, -0.2) is 0 Å².